The normalized spacial score (nSPS) is 13.1. The van der Waals surface area contributed by atoms with Gasteiger partial charge in [0.15, 0.2) is 0 Å². The summed E-state index contributed by atoms with van der Waals surface area (Å²) in [5.41, 5.74) is 0. The predicted octanol–water partition coefficient (Wildman–Crippen LogP) is 2.42. The van der Waals surface area contributed by atoms with E-state index in [1.54, 1.807) is 0 Å². The van der Waals surface area contributed by atoms with E-state index in [-0.39, 0.29) is 10.4 Å². The minimum absolute atomic E-state index is 0.139. The number of nitriles is 1. The lowest BCUT2D eigenvalue weighted by Crippen LogP contribution is -2.02. The van der Waals surface area contributed by atoms with Crippen LogP contribution in [0.5, 0.6) is 0 Å². The van der Waals surface area contributed by atoms with Gasteiger partial charge in [-0.3, -0.25) is 0 Å². The summed E-state index contributed by atoms with van der Waals surface area (Å²) in [4.78, 5) is 0. The van der Waals surface area contributed by atoms with E-state index in [0.717, 1.165) is 12.5 Å². The highest BCUT2D eigenvalue weighted by atomic mass is 35.5. The predicted molar refractivity (Wildman–Crippen MR) is 45.4 cm³/mol. The molecule has 0 heterocycles. The molecule has 1 nitrogen and oxygen atoms in total. The van der Waals surface area contributed by atoms with Gasteiger partial charge in [-0.25, -0.2) is 0 Å². The van der Waals surface area contributed by atoms with E-state index in [2.05, 4.69) is 6.07 Å². The van der Waals surface area contributed by atoms with Gasteiger partial charge in [0.2, 0.25) is 0 Å². The van der Waals surface area contributed by atoms with E-state index in [4.69, 9.17) is 28.5 Å². The molecular weight excluding hydrogens is 185 g/mol. The third-order valence-electron chi connectivity index (χ3n) is 1.10. The van der Waals surface area contributed by atoms with Crippen LogP contribution in [0, 0.1) is 17.2 Å². The quantitative estimate of drug-likeness (QED) is 0.498. The van der Waals surface area contributed by atoms with Gasteiger partial charge in [0.25, 0.3) is 0 Å². The van der Waals surface area contributed by atoms with E-state index in [9.17, 15) is 0 Å². The Balaban J connectivity index is 3.13. The van der Waals surface area contributed by atoms with Crippen LogP contribution in [0.3, 0.4) is 0 Å². The third-order valence-corrected chi connectivity index (χ3v) is 2.91. The summed E-state index contributed by atoms with van der Waals surface area (Å²) in [7, 11) is 0.564. The molecule has 2 radical (unpaired) electrons. The van der Waals surface area contributed by atoms with Crippen molar-refractivity contribution in [3.8, 4) is 6.07 Å². The zero-order chi connectivity index (χ0) is 7.98. The number of halogens is 2. The first kappa shape index (κ1) is 10.3. The molecule has 56 valence electrons. The number of hydrogen-bond donors (Lipinski definition) is 0. The maximum Gasteiger partial charge on any atom is 0.0929 e. The Morgan fingerprint density at radius 2 is 2.20 bits per heavy atom. The van der Waals surface area contributed by atoms with Gasteiger partial charge in [-0.15, -0.1) is 23.2 Å². The smallest absolute Gasteiger partial charge is 0.0929 e. The van der Waals surface area contributed by atoms with Gasteiger partial charge in [-0.1, -0.05) is 6.04 Å². The fourth-order valence-electron chi connectivity index (χ4n) is 0.473. The Labute approximate surface area is 74.1 Å². The van der Waals surface area contributed by atoms with Crippen LogP contribution in [-0.4, -0.2) is 14.0 Å². The van der Waals surface area contributed by atoms with E-state index in [1.807, 2.05) is 6.92 Å². The van der Waals surface area contributed by atoms with Crippen molar-refractivity contribution >= 4 is 32.7 Å². The van der Waals surface area contributed by atoms with Crippen LogP contribution in [0.1, 0.15) is 13.3 Å². The molecule has 0 aliphatic heterocycles. The van der Waals surface area contributed by atoms with Crippen LogP contribution in [0.25, 0.3) is 0 Å². The lowest BCUT2D eigenvalue weighted by molar-refractivity contribution is 0.710. The maximum absolute atomic E-state index is 8.39. The van der Waals surface area contributed by atoms with Gasteiger partial charge >= 0.3 is 0 Å². The van der Waals surface area contributed by atoms with E-state index < -0.39 is 0 Å². The number of alkyl halides is 2. The van der Waals surface area contributed by atoms with Gasteiger partial charge in [0, 0.05) is 5.92 Å². The van der Waals surface area contributed by atoms with Crippen LogP contribution in [0.4, 0.5) is 0 Å². The summed E-state index contributed by atoms with van der Waals surface area (Å²) < 4.78 is -0.245. The molecule has 1 unspecified atom stereocenters. The Morgan fingerprint density at radius 3 is 2.60 bits per heavy atom. The van der Waals surface area contributed by atoms with Crippen molar-refractivity contribution < 1.29 is 0 Å². The van der Waals surface area contributed by atoms with Gasteiger partial charge in [-0.05, 0) is 13.3 Å². The van der Waals surface area contributed by atoms with Crippen LogP contribution in [0.2, 0.25) is 6.04 Å². The number of nitrogens with zero attached hydrogens (tertiary/aromatic N) is 1. The highest BCUT2D eigenvalue weighted by molar-refractivity contribution is 6.68. The van der Waals surface area contributed by atoms with E-state index in [1.165, 1.54) is 0 Å². The van der Waals surface area contributed by atoms with Crippen LogP contribution >= 0.6 is 23.2 Å². The molecule has 1 atom stereocenters. The fourth-order valence-corrected chi connectivity index (χ4v) is 1.95. The van der Waals surface area contributed by atoms with Gasteiger partial charge < -0.3 is 0 Å². The van der Waals surface area contributed by atoms with Crippen LogP contribution in [0.15, 0.2) is 0 Å². The Bertz CT molecular complexity index is 121. The molecule has 10 heavy (non-hydrogen) atoms. The molecule has 0 saturated heterocycles. The van der Waals surface area contributed by atoms with Crippen molar-refractivity contribution in [1.29, 1.82) is 5.26 Å². The number of hydrogen-bond acceptors (Lipinski definition) is 1. The molecule has 0 aliphatic carbocycles. The largest absolute Gasteiger partial charge is 0.198 e. The standard InChI is InChI=1S/C6H9Cl2NSi/c1-5(4-9)2-3-10-6(7)8/h5-6H,2-3H2,1H3. The lowest BCUT2D eigenvalue weighted by Gasteiger charge is -2.00. The monoisotopic (exact) mass is 193 g/mol. The first-order chi connectivity index (χ1) is 4.66. The number of rotatable bonds is 4. The van der Waals surface area contributed by atoms with Crippen molar-refractivity contribution in [3.63, 3.8) is 0 Å². The molecule has 0 fully saturated rings. The molecule has 0 rings (SSSR count). The molecular formula is C6H9Cl2NSi. The van der Waals surface area contributed by atoms with E-state index >= 15 is 0 Å². The highest BCUT2D eigenvalue weighted by Crippen LogP contribution is 2.08. The molecule has 0 saturated carbocycles. The summed E-state index contributed by atoms with van der Waals surface area (Å²) in [5, 5.41) is 8.39. The van der Waals surface area contributed by atoms with Gasteiger partial charge in [0.05, 0.1) is 20.0 Å². The summed E-state index contributed by atoms with van der Waals surface area (Å²) in [6, 6.07) is 3.12. The molecule has 0 aromatic heterocycles. The zero-order valence-corrected chi connectivity index (χ0v) is 8.28. The first-order valence-electron chi connectivity index (χ1n) is 3.08. The zero-order valence-electron chi connectivity index (χ0n) is 5.77. The molecule has 0 spiro atoms. The average Bonchev–Trinajstić information content (AvgIpc) is 1.87. The summed E-state index contributed by atoms with van der Waals surface area (Å²) in [5.74, 6) is 0.139. The van der Waals surface area contributed by atoms with Crippen LogP contribution < -0.4 is 0 Å². The molecule has 0 N–H and O–H groups in total. The second-order valence-electron chi connectivity index (χ2n) is 2.07. The molecule has 0 aliphatic rings. The summed E-state index contributed by atoms with van der Waals surface area (Å²) in [6.45, 7) is 1.90. The Hall–Kier alpha value is 0.287. The minimum atomic E-state index is -0.245. The summed E-state index contributed by atoms with van der Waals surface area (Å²) >= 11 is 11.0. The molecule has 0 bridgehead atoms. The summed E-state index contributed by atoms with van der Waals surface area (Å²) in [6.07, 6.45) is 0.908. The minimum Gasteiger partial charge on any atom is -0.198 e. The Kier molecular flexibility index (Phi) is 6.20. The molecule has 0 amide bonds. The SMILES string of the molecule is CC(C#N)CC[Si]C(Cl)Cl. The Morgan fingerprint density at radius 1 is 1.60 bits per heavy atom. The average molecular weight is 194 g/mol. The van der Waals surface area contributed by atoms with Crippen LogP contribution in [-0.2, 0) is 0 Å². The first-order valence-corrected chi connectivity index (χ1v) is 5.23. The van der Waals surface area contributed by atoms with Gasteiger partial charge in [0.1, 0.15) is 0 Å². The van der Waals surface area contributed by atoms with Crippen molar-refractivity contribution in [2.45, 2.75) is 23.8 Å². The van der Waals surface area contributed by atoms with Crippen molar-refractivity contribution in [3.05, 3.63) is 0 Å². The van der Waals surface area contributed by atoms with Crippen molar-refractivity contribution in [2.75, 3.05) is 0 Å². The molecule has 4 heteroatoms. The fraction of sp³-hybridized carbons (Fsp3) is 0.833. The maximum atomic E-state index is 8.39. The highest BCUT2D eigenvalue weighted by Gasteiger charge is 2.03. The van der Waals surface area contributed by atoms with Crippen molar-refractivity contribution in [1.82, 2.24) is 0 Å². The van der Waals surface area contributed by atoms with E-state index in [0.29, 0.717) is 9.52 Å². The lowest BCUT2D eigenvalue weighted by atomic mass is 10.1. The molecule has 0 aromatic carbocycles. The molecule has 0 aromatic rings. The topological polar surface area (TPSA) is 23.8 Å². The van der Waals surface area contributed by atoms with Gasteiger partial charge in [-0.2, -0.15) is 5.26 Å². The van der Waals surface area contributed by atoms with Crippen molar-refractivity contribution in [2.24, 2.45) is 5.92 Å². The third kappa shape index (κ3) is 6.41. The second-order valence-corrected chi connectivity index (χ2v) is 5.39. The second kappa shape index (κ2) is 6.03.